The number of rotatable bonds is 3. The molecule has 0 bridgehead atoms. The van der Waals surface area contributed by atoms with Gasteiger partial charge in [-0.25, -0.2) is 9.99 Å². The number of aryl methyl sites for hydroxylation is 1. The summed E-state index contributed by atoms with van der Waals surface area (Å²) in [5, 5.41) is 16.9. The van der Waals surface area contributed by atoms with E-state index >= 15 is 0 Å². The number of carbonyl (C=O) groups excluding carboxylic acids is 1. The quantitative estimate of drug-likeness (QED) is 0.683. The second-order valence-corrected chi connectivity index (χ2v) is 11.1. The highest BCUT2D eigenvalue weighted by molar-refractivity contribution is 7.99. The van der Waals surface area contributed by atoms with Gasteiger partial charge in [0.1, 0.15) is 11.2 Å². The van der Waals surface area contributed by atoms with Crippen LogP contribution in [0.15, 0.2) is 5.16 Å². The molecule has 0 saturated carbocycles. The van der Waals surface area contributed by atoms with E-state index in [1.165, 1.54) is 52.0 Å². The van der Waals surface area contributed by atoms with Gasteiger partial charge in [0.25, 0.3) is 0 Å². The van der Waals surface area contributed by atoms with E-state index in [0.29, 0.717) is 11.7 Å². The number of hydrogen-bond acceptors (Lipinski definition) is 8. The Labute approximate surface area is 190 Å². The van der Waals surface area contributed by atoms with Crippen LogP contribution in [0.5, 0.6) is 0 Å². The minimum Gasteiger partial charge on any atom is -0.342 e. The van der Waals surface area contributed by atoms with Gasteiger partial charge in [-0.15, -0.1) is 21.5 Å². The fourth-order valence-corrected chi connectivity index (χ4v) is 7.81. The Morgan fingerprint density at radius 3 is 2.84 bits per heavy atom. The van der Waals surface area contributed by atoms with Crippen molar-refractivity contribution in [2.24, 2.45) is 0 Å². The summed E-state index contributed by atoms with van der Waals surface area (Å²) >= 11 is 3.41. The molecule has 2 fully saturated rings. The van der Waals surface area contributed by atoms with Crippen LogP contribution < -0.4 is 15.8 Å². The number of nitrogens with one attached hydrogen (secondary N) is 2. The average molecular weight is 460 g/mol. The van der Waals surface area contributed by atoms with Crippen LogP contribution in [0, 0.1) is 0 Å². The molecule has 2 unspecified atom stereocenters. The van der Waals surface area contributed by atoms with Crippen LogP contribution >= 0.6 is 23.1 Å². The molecule has 166 valence electrons. The van der Waals surface area contributed by atoms with Gasteiger partial charge in [-0.2, -0.15) is 0 Å². The monoisotopic (exact) mass is 459 g/mol. The highest BCUT2D eigenvalue weighted by Gasteiger charge is 2.44. The van der Waals surface area contributed by atoms with E-state index in [4.69, 9.17) is 0 Å². The summed E-state index contributed by atoms with van der Waals surface area (Å²) in [4.78, 5) is 16.3. The topological polar surface area (TPSA) is 78.3 Å². The number of nitrogens with zero attached hydrogens (tertiary/aromatic N) is 5. The molecule has 0 spiro atoms. The van der Waals surface area contributed by atoms with Crippen LogP contribution in [0.2, 0.25) is 0 Å². The summed E-state index contributed by atoms with van der Waals surface area (Å²) in [6.45, 7) is 6.27. The first kappa shape index (κ1) is 20.0. The summed E-state index contributed by atoms with van der Waals surface area (Å²) in [6, 6.07) is 0. The van der Waals surface area contributed by atoms with E-state index in [-0.39, 0.29) is 18.2 Å². The zero-order valence-electron chi connectivity index (χ0n) is 18.1. The Bertz CT molecular complexity index is 1010. The van der Waals surface area contributed by atoms with Crippen LogP contribution in [-0.4, -0.2) is 50.6 Å². The molecule has 2 N–H and O–H groups in total. The minimum absolute atomic E-state index is 0.0788. The number of carbonyl (C=O) groups is 1. The van der Waals surface area contributed by atoms with Crippen molar-refractivity contribution in [3.05, 3.63) is 16.0 Å². The molecule has 8 nitrogen and oxygen atoms in total. The van der Waals surface area contributed by atoms with E-state index in [0.717, 1.165) is 43.5 Å². The number of thioether (sulfide) groups is 1. The molecule has 5 heterocycles. The summed E-state index contributed by atoms with van der Waals surface area (Å²) < 4.78 is 2.18. The standard InChI is InChI=1S/C21H29N7OS2/c1-12-7-6-8-14-16(12)17-18-22-13(2)25-28(18)20-23-24-21(27(20)19(17)31-14)30-11-15(29)26-9-4-3-5-10-26/h12-13,18,22,25H,3-11H2,1-2H3/t12-,13?,18?/m0/s1. The number of amides is 1. The number of thiophene rings is 1. The van der Waals surface area contributed by atoms with Crippen molar-refractivity contribution >= 4 is 35.0 Å². The smallest absolute Gasteiger partial charge is 0.249 e. The SMILES string of the molecule is CC1NC2c3c(sc4c3[C@@H](C)CCC4)-n3c(SCC(=O)N4CCCCC4)nnc3N2N1. The van der Waals surface area contributed by atoms with Crippen molar-refractivity contribution < 1.29 is 4.79 Å². The number of likely N-dealkylation sites (tertiary alicyclic amines) is 1. The predicted molar refractivity (Wildman–Crippen MR) is 123 cm³/mol. The summed E-state index contributed by atoms with van der Waals surface area (Å²) in [6.07, 6.45) is 7.36. The zero-order valence-corrected chi connectivity index (χ0v) is 19.7. The number of piperidine rings is 1. The maximum absolute atomic E-state index is 12.8. The van der Waals surface area contributed by atoms with E-state index in [1.807, 2.05) is 16.2 Å². The third kappa shape index (κ3) is 3.21. The Balaban J connectivity index is 1.36. The number of fused-ring (bicyclic) bond motifs is 8. The van der Waals surface area contributed by atoms with Gasteiger partial charge >= 0.3 is 0 Å². The molecule has 4 aliphatic rings. The first-order valence-corrected chi connectivity index (χ1v) is 13.3. The molecular formula is C21H29N7OS2. The number of hydrazine groups is 1. The third-order valence-electron chi connectivity index (χ3n) is 6.92. The number of hydrogen-bond donors (Lipinski definition) is 2. The molecule has 0 aromatic carbocycles. The number of anilines is 1. The minimum atomic E-state index is 0.0788. The lowest BCUT2D eigenvalue weighted by Crippen LogP contribution is -2.40. The summed E-state index contributed by atoms with van der Waals surface area (Å²) in [5.41, 5.74) is 6.41. The first-order valence-electron chi connectivity index (χ1n) is 11.4. The van der Waals surface area contributed by atoms with Gasteiger partial charge in [0.2, 0.25) is 11.9 Å². The van der Waals surface area contributed by atoms with Crippen molar-refractivity contribution in [1.29, 1.82) is 0 Å². The molecule has 6 rings (SSSR count). The Morgan fingerprint density at radius 2 is 2.00 bits per heavy atom. The average Bonchev–Trinajstić information content (AvgIpc) is 3.47. The summed E-state index contributed by atoms with van der Waals surface area (Å²) in [5.74, 6) is 2.01. The van der Waals surface area contributed by atoms with E-state index < -0.39 is 0 Å². The van der Waals surface area contributed by atoms with Gasteiger partial charge in [-0.1, -0.05) is 18.7 Å². The lowest BCUT2D eigenvalue weighted by atomic mass is 9.85. The normalized spacial score (nSPS) is 27.0. The molecule has 2 saturated heterocycles. The van der Waals surface area contributed by atoms with Gasteiger partial charge in [-0.3, -0.25) is 15.1 Å². The van der Waals surface area contributed by atoms with Crippen LogP contribution in [0.25, 0.3) is 5.00 Å². The molecule has 1 aliphatic carbocycles. The largest absolute Gasteiger partial charge is 0.342 e. The molecule has 1 amide bonds. The third-order valence-corrected chi connectivity index (χ3v) is 9.10. The molecule has 0 radical (unpaired) electrons. The van der Waals surface area contributed by atoms with Crippen LogP contribution in [0.3, 0.4) is 0 Å². The Morgan fingerprint density at radius 1 is 1.16 bits per heavy atom. The van der Waals surface area contributed by atoms with Gasteiger partial charge in [0.05, 0.1) is 11.9 Å². The molecular weight excluding hydrogens is 430 g/mol. The van der Waals surface area contributed by atoms with Crippen LogP contribution in [-0.2, 0) is 11.2 Å². The van der Waals surface area contributed by atoms with Crippen molar-refractivity contribution in [1.82, 2.24) is 30.4 Å². The Kier molecular flexibility index (Phi) is 5.01. The van der Waals surface area contributed by atoms with E-state index in [1.54, 1.807) is 0 Å². The van der Waals surface area contributed by atoms with Crippen molar-refractivity contribution in [3.63, 3.8) is 0 Å². The highest BCUT2D eigenvalue weighted by Crippen LogP contribution is 2.50. The molecule has 3 atom stereocenters. The molecule has 2 aromatic heterocycles. The van der Waals surface area contributed by atoms with Gasteiger partial charge < -0.3 is 4.90 Å². The molecule has 3 aliphatic heterocycles. The maximum atomic E-state index is 12.8. The van der Waals surface area contributed by atoms with Crippen molar-refractivity contribution in [2.75, 3.05) is 23.9 Å². The molecule has 2 aromatic rings. The maximum Gasteiger partial charge on any atom is 0.249 e. The van der Waals surface area contributed by atoms with Gasteiger partial charge in [0.15, 0.2) is 5.16 Å². The fraction of sp³-hybridized carbons (Fsp3) is 0.667. The van der Waals surface area contributed by atoms with Crippen LogP contribution in [0.1, 0.15) is 74.0 Å². The molecule has 10 heteroatoms. The highest BCUT2D eigenvalue weighted by atomic mass is 32.2. The lowest BCUT2D eigenvalue weighted by molar-refractivity contribution is -0.129. The predicted octanol–water partition coefficient (Wildman–Crippen LogP) is 3.15. The van der Waals surface area contributed by atoms with Gasteiger partial charge in [-0.05, 0) is 56.9 Å². The fourth-order valence-electron chi connectivity index (χ4n) is 5.43. The van der Waals surface area contributed by atoms with E-state index in [2.05, 4.69) is 44.4 Å². The van der Waals surface area contributed by atoms with Gasteiger partial charge in [0, 0.05) is 23.5 Å². The summed E-state index contributed by atoms with van der Waals surface area (Å²) in [7, 11) is 0. The van der Waals surface area contributed by atoms with Crippen molar-refractivity contribution in [3.8, 4) is 5.00 Å². The van der Waals surface area contributed by atoms with Crippen LogP contribution in [0.4, 0.5) is 5.95 Å². The molecule has 31 heavy (non-hydrogen) atoms. The number of aromatic nitrogens is 3. The second kappa shape index (κ2) is 7.75. The van der Waals surface area contributed by atoms with E-state index in [9.17, 15) is 4.79 Å². The lowest BCUT2D eigenvalue weighted by Gasteiger charge is -2.32. The zero-order chi connectivity index (χ0) is 21.1. The first-order chi connectivity index (χ1) is 15.1. The van der Waals surface area contributed by atoms with Crippen molar-refractivity contribution in [2.45, 2.75) is 75.8 Å². The Hall–Kier alpha value is -1.62. The second-order valence-electron chi connectivity index (χ2n) is 9.09.